The minimum absolute atomic E-state index is 0.0486. The minimum atomic E-state index is -0.174. The molecule has 1 fully saturated rings. The molecule has 1 atom stereocenters. The van der Waals surface area contributed by atoms with E-state index in [0.717, 1.165) is 13.1 Å². The number of likely N-dealkylation sites (tertiary alicyclic amines) is 1. The number of nitrogens with two attached hydrogens (primary N) is 1. The first-order valence-electron chi connectivity index (χ1n) is 4.66. The van der Waals surface area contributed by atoms with Crippen LogP contribution in [0.3, 0.4) is 0 Å². The molecule has 1 rings (SSSR count). The van der Waals surface area contributed by atoms with Gasteiger partial charge in [0.2, 0.25) is 5.91 Å². The molecule has 2 N–H and O–H groups in total. The Morgan fingerprint density at radius 3 is 2.17 bits per heavy atom. The maximum absolute atomic E-state index is 11.1. The first kappa shape index (κ1) is 9.52. The first-order chi connectivity index (χ1) is 5.63. The van der Waals surface area contributed by atoms with Crippen LogP contribution < -0.4 is 5.73 Å². The summed E-state index contributed by atoms with van der Waals surface area (Å²) in [4.78, 5) is 13.3. The fourth-order valence-corrected chi connectivity index (χ4v) is 1.95. The molecular formula is C9H18N2O. The Labute approximate surface area is 73.9 Å². The minimum Gasteiger partial charge on any atom is -0.368 e. The molecule has 3 heteroatoms. The van der Waals surface area contributed by atoms with Crippen molar-refractivity contribution in [2.45, 2.75) is 32.7 Å². The average Bonchev–Trinajstić information content (AvgIpc) is 2.37. The van der Waals surface area contributed by atoms with E-state index in [9.17, 15) is 4.79 Å². The maximum atomic E-state index is 11.1. The van der Waals surface area contributed by atoms with E-state index in [1.54, 1.807) is 0 Å². The highest BCUT2D eigenvalue weighted by Gasteiger charge is 2.28. The molecule has 1 saturated heterocycles. The Balaban J connectivity index is 2.58. The number of amides is 1. The van der Waals surface area contributed by atoms with E-state index in [4.69, 9.17) is 5.73 Å². The number of carbonyl (C=O) groups excluding carboxylic acids is 1. The molecule has 1 aliphatic heterocycles. The third-order valence-electron chi connectivity index (χ3n) is 2.46. The predicted octanol–water partition coefficient (Wildman–Crippen LogP) is 0.592. The van der Waals surface area contributed by atoms with Gasteiger partial charge in [0.1, 0.15) is 0 Å². The van der Waals surface area contributed by atoms with Crippen molar-refractivity contribution in [3.05, 3.63) is 0 Å². The van der Waals surface area contributed by atoms with Gasteiger partial charge in [-0.15, -0.1) is 0 Å². The van der Waals surface area contributed by atoms with Crippen LogP contribution in [0.4, 0.5) is 0 Å². The van der Waals surface area contributed by atoms with Gasteiger partial charge >= 0.3 is 0 Å². The highest BCUT2D eigenvalue weighted by Crippen LogP contribution is 2.16. The largest absolute Gasteiger partial charge is 0.368 e. The summed E-state index contributed by atoms with van der Waals surface area (Å²) in [6.07, 6.45) is 2.41. The van der Waals surface area contributed by atoms with Crippen LogP contribution in [0.2, 0.25) is 0 Å². The van der Waals surface area contributed by atoms with Gasteiger partial charge in [-0.05, 0) is 31.8 Å². The van der Waals surface area contributed by atoms with Gasteiger partial charge in [0.25, 0.3) is 0 Å². The van der Waals surface area contributed by atoms with Crippen LogP contribution in [0.25, 0.3) is 0 Å². The Bertz CT molecular complexity index is 162. The van der Waals surface area contributed by atoms with E-state index in [2.05, 4.69) is 4.90 Å². The summed E-state index contributed by atoms with van der Waals surface area (Å²) in [5.74, 6) is 0.160. The summed E-state index contributed by atoms with van der Waals surface area (Å²) in [6, 6.07) is -0.0486. The van der Waals surface area contributed by atoms with Crippen molar-refractivity contribution in [3.63, 3.8) is 0 Å². The molecule has 0 saturated carbocycles. The fourth-order valence-electron chi connectivity index (χ4n) is 1.95. The molecule has 0 aromatic carbocycles. The van der Waals surface area contributed by atoms with Crippen LogP contribution in [0.1, 0.15) is 26.7 Å². The molecule has 12 heavy (non-hydrogen) atoms. The predicted molar refractivity (Wildman–Crippen MR) is 48.6 cm³/mol. The van der Waals surface area contributed by atoms with Crippen molar-refractivity contribution in [2.75, 3.05) is 13.1 Å². The molecular weight excluding hydrogens is 152 g/mol. The number of hydrogen-bond acceptors (Lipinski definition) is 2. The average molecular weight is 170 g/mol. The molecule has 1 amide bonds. The zero-order chi connectivity index (χ0) is 9.14. The second-order valence-corrected chi connectivity index (χ2v) is 3.83. The van der Waals surface area contributed by atoms with Crippen molar-refractivity contribution in [1.29, 1.82) is 0 Å². The summed E-state index contributed by atoms with van der Waals surface area (Å²) < 4.78 is 0. The van der Waals surface area contributed by atoms with E-state index >= 15 is 0 Å². The number of nitrogens with zero attached hydrogens (tertiary/aromatic N) is 1. The second kappa shape index (κ2) is 3.90. The fraction of sp³-hybridized carbons (Fsp3) is 0.889. The normalized spacial score (nSPS) is 21.6. The first-order valence-corrected chi connectivity index (χ1v) is 4.66. The monoisotopic (exact) mass is 170 g/mol. The molecule has 1 heterocycles. The maximum Gasteiger partial charge on any atom is 0.235 e. The lowest BCUT2D eigenvalue weighted by atomic mass is 10.0. The van der Waals surface area contributed by atoms with Gasteiger partial charge < -0.3 is 5.73 Å². The van der Waals surface area contributed by atoms with Crippen molar-refractivity contribution in [3.8, 4) is 0 Å². The third-order valence-corrected chi connectivity index (χ3v) is 2.46. The van der Waals surface area contributed by atoms with Crippen LogP contribution in [0.15, 0.2) is 0 Å². The second-order valence-electron chi connectivity index (χ2n) is 3.83. The van der Waals surface area contributed by atoms with Gasteiger partial charge in [-0.25, -0.2) is 0 Å². The van der Waals surface area contributed by atoms with E-state index in [1.807, 2.05) is 13.8 Å². The van der Waals surface area contributed by atoms with Crippen LogP contribution in [0.5, 0.6) is 0 Å². The lowest BCUT2D eigenvalue weighted by Crippen LogP contribution is -2.46. The molecule has 0 bridgehead atoms. The smallest absolute Gasteiger partial charge is 0.235 e. The molecule has 0 aromatic heterocycles. The number of carbonyl (C=O) groups is 1. The van der Waals surface area contributed by atoms with Crippen LogP contribution in [0, 0.1) is 5.92 Å². The van der Waals surface area contributed by atoms with Gasteiger partial charge in [0, 0.05) is 0 Å². The zero-order valence-electron chi connectivity index (χ0n) is 7.92. The molecule has 0 aliphatic carbocycles. The van der Waals surface area contributed by atoms with E-state index in [0.29, 0.717) is 5.92 Å². The Hall–Kier alpha value is -0.570. The summed E-state index contributed by atoms with van der Waals surface area (Å²) in [7, 11) is 0. The molecule has 70 valence electrons. The summed E-state index contributed by atoms with van der Waals surface area (Å²) >= 11 is 0. The van der Waals surface area contributed by atoms with Crippen molar-refractivity contribution in [1.82, 2.24) is 4.90 Å². The lowest BCUT2D eigenvalue weighted by molar-refractivity contribution is -0.124. The molecule has 1 aliphatic rings. The van der Waals surface area contributed by atoms with Crippen LogP contribution in [-0.2, 0) is 4.79 Å². The van der Waals surface area contributed by atoms with Crippen LogP contribution >= 0.6 is 0 Å². The Kier molecular flexibility index (Phi) is 3.09. The summed E-state index contributed by atoms with van der Waals surface area (Å²) in [5, 5.41) is 0. The van der Waals surface area contributed by atoms with E-state index in [-0.39, 0.29) is 11.9 Å². The standard InChI is InChI=1S/C9H18N2O/c1-7(2)8(9(10)12)11-5-3-4-6-11/h7-8H,3-6H2,1-2H3,(H2,10,12)/t8-/m0/s1. The third kappa shape index (κ3) is 1.97. The molecule has 0 spiro atoms. The van der Waals surface area contributed by atoms with Gasteiger partial charge in [-0.2, -0.15) is 0 Å². The summed E-state index contributed by atoms with van der Waals surface area (Å²) in [5.41, 5.74) is 5.34. The topological polar surface area (TPSA) is 46.3 Å². The highest BCUT2D eigenvalue weighted by atomic mass is 16.1. The van der Waals surface area contributed by atoms with Gasteiger partial charge in [-0.3, -0.25) is 9.69 Å². The lowest BCUT2D eigenvalue weighted by Gasteiger charge is -2.27. The number of rotatable bonds is 3. The Morgan fingerprint density at radius 1 is 1.33 bits per heavy atom. The quantitative estimate of drug-likeness (QED) is 0.674. The van der Waals surface area contributed by atoms with E-state index in [1.165, 1.54) is 12.8 Å². The molecule has 0 radical (unpaired) electrons. The summed E-state index contributed by atoms with van der Waals surface area (Å²) in [6.45, 7) is 6.17. The molecule has 0 aromatic rings. The van der Waals surface area contributed by atoms with E-state index < -0.39 is 0 Å². The number of hydrogen-bond donors (Lipinski definition) is 1. The number of primary amides is 1. The van der Waals surface area contributed by atoms with Crippen molar-refractivity contribution >= 4 is 5.91 Å². The van der Waals surface area contributed by atoms with Crippen LogP contribution in [-0.4, -0.2) is 29.9 Å². The molecule has 0 unspecified atom stereocenters. The van der Waals surface area contributed by atoms with Gasteiger partial charge in [-0.1, -0.05) is 13.8 Å². The molecule has 3 nitrogen and oxygen atoms in total. The van der Waals surface area contributed by atoms with Gasteiger partial charge in [0.15, 0.2) is 0 Å². The SMILES string of the molecule is CC(C)[C@@H](C(N)=O)N1CCCC1. The zero-order valence-corrected chi connectivity index (χ0v) is 7.92. The van der Waals surface area contributed by atoms with Crippen molar-refractivity contribution < 1.29 is 4.79 Å². The van der Waals surface area contributed by atoms with Gasteiger partial charge in [0.05, 0.1) is 6.04 Å². The Morgan fingerprint density at radius 2 is 1.83 bits per heavy atom. The highest BCUT2D eigenvalue weighted by molar-refractivity contribution is 5.80. The van der Waals surface area contributed by atoms with Crippen molar-refractivity contribution in [2.24, 2.45) is 11.7 Å².